The fourth-order valence-electron chi connectivity index (χ4n) is 1.66. The molecule has 6 nitrogen and oxygen atoms in total. The van der Waals surface area contributed by atoms with E-state index in [0.717, 1.165) is 19.5 Å². The number of nitrogens with zero attached hydrogens (tertiary/aromatic N) is 1. The van der Waals surface area contributed by atoms with Gasteiger partial charge in [-0.25, -0.2) is 9.59 Å². The molecule has 0 spiro atoms. The minimum absolute atomic E-state index is 0.291. The van der Waals surface area contributed by atoms with Crippen molar-refractivity contribution in [2.24, 2.45) is 0 Å². The lowest BCUT2D eigenvalue weighted by atomic mass is 10.00. The van der Waals surface area contributed by atoms with Crippen LogP contribution in [0.25, 0.3) is 0 Å². The number of carbonyl (C=O) groups excluding carboxylic acids is 1. The fourth-order valence-corrected chi connectivity index (χ4v) is 1.66. The van der Waals surface area contributed by atoms with Crippen LogP contribution in [0.15, 0.2) is 0 Å². The quantitative estimate of drug-likeness (QED) is 0.663. The molecule has 1 aliphatic rings. The standard InChI is InChI=1S/C11H21N3O3/c1-3-11(2,9(15)16)13-10(17)14-7-4-5-12-6-8-14/h12H,3-8H2,1-2H3,(H,13,17)(H,15,16). The highest BCUT2D eigenvalue weighted by Gasteiger charge is 2.34. The van der Waals surface area contributed by atoms with E-state index in [9.17, 15) is 9.59 Å². The molecule has 0 bridgehead atoms. The van der Waals surface area contributed by atoms with Gasteiger partial charge >= 0.3 is 12.0 Å². The number of nitrogens with one attached hydrogen (secondary N) is 2. The number of rotatable bonds is 3. The Labute approximate surface area is 101 Å². The topological polar surface area (TPSA) is 81.7 Å². The highest BCUT2D eigenvalue weighted by atomic mass is 16.4. The van der Waals surface area contributed by atoms with Crippen LogP contribution in [0.3, 0.4) is 0 Å². The summed E-state index contributed by atoms with van der Waals surface area (Å²) in [6.07, 6.45) is 1.25. The van der Waals surface area contributed by atoms with Gasteiger partial charge in [0.05, 0.1) is 0 Å². The molecule has 1 saturated heterocycles. The van der Waals surface area contributed by atoms with Gasteiger partial charge in [-0.05, 0) is 26.3 Å². The summed E-state index contributed by atoms with van der Waals surface area (Å²) >= 11 is 0. The van der Waals surface area contributed by atoms with Crippen molar-refractivity contribution in [3.05, 3.63) is 0 Å². The Kier molecular flexibility index (Phi) is 4.74. The van der Waals surface area contributed by atoms with Crippen molar-refractivity contribution >= 4 is 12.0 Å². The average molecular weight is 243 g/mol. The highest BCUT2D eigenvalue weighted by Crippen LogP contribution is 2.10. The minimum Gasteiger partial charge on any atom is -0.480 e. The molecule has 1 fully saturated rings. The van der Waals surface area contributed by atoms with Gasteiger partial charge in [0, 0.05) is 19.6 Å². The summed E-state index contributed by atoms with van der Waals surface area (Å²) in [4.78, 5) is 24.7. The van der Waals surface area contributed by atoms with E-state index in [-0.39, 0.29) is 6.03 Å². The van der Waals surface area contributed by atoms with Crippen LogP contribution >= 0.6 is 0 Å². The van der Waals surface area contributed by atoms with E-state index in [2.05, 4.69) is 10.6 Å². The number of urea groups is 1. The van der Waals surface area contributed by atoms with E-state index >= 15 is 0 Å². The molecule has 3 N–H and O–H groups in total. The van der Waals surface area contributed by atoms with Crippen LogP contribution in [0.4, 0.5) is 4.79 Å². The van der Waals surface area contributed by atoms with E-state index in [1.54, 1.807) is 11.8 Å². The molecule has 1 atom stereocenters. The minimum atomic E-state index is -1.18. The maximum Gasteiger partial charge on any atom is 0.329 e. The molecule has 0 aromatic carbocycles. The van der Waals surface area contributed by atoms with Crippen molar-refractivity contribution in [2.45, 2.75) is 32.2 Å². The third-order valence-electron chi connectivity index (χ3n) is 3.19. The predicted molar refractivity (Wildman–Crippen MR) is 63.9 cm³/mol. The second-order valence-electron chi connectivity index (χ2n) is 4.51. The van der Waals surface area contributed by atoms with Gasteiger partial charge in [-0.3, -0.25) is 0 Å². The zero-order valence-electron chi connectivity index (χ0n) is 10.5. The molecular weight excluding hydrogens is 222 g/mol. The maximum atomic E-state index is 12.0. The van der Waals surface area contributed by atoms with Crippen LogP contribution in [0, 0.1) is 0 Å². The largest absolute Gasteiger partial charge is 0.480 e. The Balaban J connectivity index is 2.60. The van der Waals surface area contributed by atoms with Crippen molar-refractivity contribution in [3.8, 4) is 0 Å². The van der Waals surface area contributed by atoms with Gasteiger partial charge in [-0.1, -0.05) is 6.92 Å². The number of aliphatic carboxylic acids is 1. The van der Waals surface area contributed by atoms with Gasteiger partial charge in [0.1, 0.15) is 5.54 Å². The first-order valence-corrected chi connectivity index (χ1v) is 6.01. The van der Waals surface area contributed by atoms with E-state index in [0.29, 0.717) is 19.5 Å². The molecule has 0 aromatic heterocycles. The third-order valence-corrected chi connectivity index (χ3v) is 3.19. The summed E-state index contributed by atoms with van der Waals surface area (Å²) < 4.78 is 0. The SMILES string of the molecule is CCC(C)(NC(=O)N1CCCNCC1)C(=O)O. The van der Waals surface area contributed by atoms with Crippen molar-refractivity contribution in [1.82, 2.24) is 15.5 Å². The summed E-state index contributed by atoms with van der Waals surface area (Å²) in [5, 5.41) is 14.9. The Morgan fingerprint density at radius 2 is 2.12 bits per heavy atom. The molecule has 1 rings (SSSR count). The first kappa shape index (κ1) is 13.8. The van der Waals surface area contributed by atoms with Gasteiger partial charge in [0.15, 0.2) is 0 Å². The van der Waals surface area contributed by atoms with E-state index < -0.39 is 11.5 Å². The molecule has 0 saturated carbocycles. The molecule has 98 valence electrons. The molecule has 1 aliphatic heterocycles. The monoisotopic (exact) mass is 243 g/mol. The number of carboxylic acids is 1. The summed E-state index contributed by atoms with van der Waals surface area (Å²) in [5.41, 5.74) is -1.18. The zero-order chi connectivity index (χ0) is 12.9. The van der Waals surface area contributed by atoms with Crippen molar-refractivity contribution < 1.29 is 14.7 Å². The van der Waals surface area contributed by atoms with Crippen molar-refractivity contribution in [2.75, 3.05) is 26.2 Å². The van der Waals surface area contributed by atoms with Crippen molar-refractivity contribution in [1.29, 1.82) is 0 Å². The number of hydrogen-bond acceptors (Lipinski definition) is 3. The van der Waals surface area contributed by atoms with Crippen LogP contribution < -0.4 is 10.6 Å². The van der Waals surface area contributed by atoms with Gasteiger partial charge in [0.25, 0.3) is 0 Å². The van der Waals surface area contributed by atoms with Gasteiger partial charge in [0.2, 0.25) is 0 Å². The number of carbonyl (C=O) groups is 2. The summed E-state index contributed by atoms with van der Waals surface area (Å²) in [6, 6.07) is -0.291. The Hall–Kier alpha value is -1.30. The van der Waals surface area contributed by atoms with Gasteiger partial charge in [-0.15, -0.1) is 0 Å². The normalized spacial score (nSPS) is 20.2. The number of carboxylic acid groups (broad SMARTS) is 1. The zero-order valence-corrected chi connectivity index (χ0v) is 10.5. The van der Waals surface area contributed by atoms with Crippen LogP contribution in [0.5, 0.6) is 0 Å². The lowest BCUT2D eigenvalue weighted by Crippen LogP contribution is -2.56. The second-order valence-corrected chi connectivity index (χ2v) is 4.51. The molecule has 0 aliphatic carbocycles. The van der Waals surface area contributed by atoms with Crippen LogP contribution in [-0.4, -0.2) is 53.7 Å². The summed E-state index contributed by atoms with van der Waals surface area (Å²) in [6.45, 7) is 6.21. The van der Waals surface area contributed by atoms with Crippen LogP contribution in [-0.2, 0) is 4.79 Å². The van der Waals surface area contributed by atoms with Crippen LogP contribution in [0.2, 0.25) is 0 Å². The second kappa shape index (κ2) is 5.86. The van der Waals surface area contributed by atoms with Crippen LogP contribution in [0.1, 0.15) is 26.7 Å². The summed E-state index contributed by atoms with van der Waals surface area (Å²) in [7, 11) is 0. The van der Waals surface area contributed by atoms with Gasteiger partial charge in [-0.2, -0.15) is 0 Å². The number of amides is 2. The lowest BCUT2D eigenvalue weighted by Gasteiger charge is -2.29. The molecule has 1 unspecified atom stereocenters. The smallest absolute Gasteiger partial charge is 0.329 e. The molecule has 6 heteroatoms. The number of hydrogen-bond donors (Lipinski definition) is 3. The predicted octanol–water partition coefficient (Wildman–Crippen LogP) is 0.245. The first-order chi connectivity index (χ1) is 7.99. The third kappa shape index (κ3) is 3.59. The lowest BCUT2D eigenvalue weighted by molar-refractivity contribution is -0.143. The molecule has 0 aromatic rings. The summed E-state index contributed by atoms with van der Waals surface area (Å²) in [5.74, 6) is -0.999. The molecule has 2 amide bonds. The maximum absolute atomic E-state index is 12.0. The van der Waals surface area contributed by atoms with Crippen molar-refractivity contribution in [3.63, 3.8) is 0 Å². The molecule has 1 heterocycles. The molecule has 0 radical (unpaired) electrons. The fraction of sp³-hybridized carbons (Fsp3) is 0.818. The Morgan fingerprint density at radius 3 is 2.71 bits per heavy atom. The van der Waals surface area contributed by atoms with Gasteiger partial charge < -0.3 is 20.6 Å². The van der Waals surface area contributed by atoms with E-state index in [1.165, 1.54) is 6.92 Å². The van der Waals surface area contributed by atoms with E-state index in [4.69, 9.17) is 5.11 Å². The van der Waals surface area contributed by atoms with E-state index in [1.807, 2.05) is 0 Å². The highest BCUT2D eigenvalue weighted by molar-refractivity contribution is 5.85. The Bertz CT molecular complexity index is 288. The molecular formula is C11H21N3O3. The Morgan fingerprint density at radius 1 is 1.41 bits per heavy atom. The average Bonchev–Trinajstić information content (AvgIpc) is 2.57. The first-order valence-electron chi connectivity index (χ1n) is 6.01. The molecule has 17 heavy (non-hydrogen) atoms.